The van der Waals surface area contributed by atoms with Crippen molar-refractivity contribution in [3.05, 3.63) is 39.0 Å². The van der Waals surface area contributed by atoms with Crippen molar-refractivity contribution in [3.8, 4) is 0 Å². The van der Waals surface area contributed by atoms with E-state index in [0.29, 0.717) is 11.8 Å². The van der Waals surface area contributed by atoms with Gasteiger partial charge >= 0.3 is 5.69 Å². The Morgan fingerprint density at radius 1 is 1.50 bits per heavy atom. The first-order valence-electron chi connectivity index (χ1n) is 5.64. The standard InChI is InChI=1S/C11H11BrN4OS/c12-7-1-2-8(13-5-7)6-18-11-15-14-10(17)16(11)9-3-4-9/h1-2,5,9H,3-4,6H2,(H,14,17). The van der Waals surface area contributed by atoms with Crippen molar-refractivity contribution in [2.24, 2.45) is 0 Å². The van der Waals surface area contributed by atoms with Gasteiger partial charge in [-0.15, -0.1) is 5.10 Å². The van der Waals surface area contributed by atoms with Crippen LogP contribution in [-0.4, -0.2) is 19.7 Å². The van der Waals surface area contributed by atoms with Crippen LogP contribution in [0.1, 0.15) is 24.6 Å². The molecule has 0 aliphatic heterocycles. The van der Waals surface area contributed by atoms with Crippen LogP contribution in [0.5, 0.6) is 0 Å². The van der Waals surface area contributed by atoms with Gasteiger partial charge in [-0.2, -0.15) is 0 Å². The van der Waals surface area contributed by atoms with Crippen LogP contribution in [0.2, 0.25) is 0 Å². The summed E-state index contributed by atoms with van der Waals surface area (Å²) in [4.78, 5) is 15.9. The number of thioether (sulfide) groups is 1. The highest BCUT2D eigenvalue weighted by Gasteiger charge is 2.28. The largest absolute Gasteiger partial charge is 0.344 e. The third-order valence-electron chi connectivity index (χ3n) is 2.72. The number of H-pyrrole nitrogens is 1. The number of rotatable bonds is 4. The molecule has 2 heterocycles. The van der Waals surface area contributed by atoms with Crippen LogP contribution in [0.25, 0.3) is 0 Å². The second-order valence-electron chi connectivity index (χ2n) is 4.17. The van der Waals surface area contributed by atoms with Crippen LogP contribution in [0, 0.1) is 0 Å². The molecule has 2 aromatic heterocycles. The molecular formula is C11H11BrN4OS. The zero-order chi connectivity index (χ0) is 12.5. The fourth-order valence-electron chi connectivity index (χ4n) is 1.68. The number of aromatic nitrogens is 4. The summed E-state index contributed by atoms with van der Waals surface area (Å²) >= 11 is 4.89. The summed E-state index contributed by atoms with van der Waals surface area (Å²) in [6, 6.07) is 4.27. The first-order valence-corrected chi connectivity index (χ1v) is 7.42. The summed E-state index contributed by atoms with van der Waals surface area (Å²) < 4.78 is 2.72. The van der Waals surface area contributed by atoms with Crippen molar-refractivity contribution in [1.29, 1.82) is 0 Å². The normalized spacial score (nSPS) is 14.9. The van der Waals surface area contributed by atoms with Crippen molar-refractivity contribution >= 4 is 27.7 Å². The van der Waals surface area contributed by atoms with E-state index in [4.69, 9.17) is 0 Å². The highest BCUT2D eigenvalue weighted by Crippen LogP contribution is 2.36. The van der Waals surface area contributed by atoms with Gasteiger partial charge in [0.05, 0.1) is 5.69 Å². The minimum Gasteiger partial charge on any atom is -0.267 e. The Labute approximate surface area is 116 Å². The lowest BCUT2D eigenvalue weighted by Crippen LogP contribution is -2.16. The number of aromatic amines is 1. The first-order chi connectivity index (χ1) is 8.74. The van der Waals surface area contributed by atoms with Gasteiger partial charge in [-0.05, 0) is 40.9 Å². The Hall–Kier alpha value is -1.08. The molecule has 2 aromatic rings. The third kappa shape index (κ3) is 2.51. The van der Waals surface area contributed by atoms with E-state index in [1.54, 1.807) is 10.8 Å². The van der Waals surface area contributed by atoms with Gasteiger partial charge in [-0.3, -0.25) is 9.55 Å². The topological polar surface area (TPSA) is 63.6 Å². The van der Waals surface area contributed by atoms with Crippen LogP contribution in [0.3, 0.4) is 0 Å². The molecule has 0 radical (unpaired) electrons. The summed E-state index contributed by atoms with van der Waals surface area (Å²) in [7, 11) is 0. The zero-order valence-corrected chi connectivity index (χ0v) is 11.9. The average Bonchev–Trinajstić information content (AvgIpc) is 3.13. The average molecular weight is 327 g/mol. The molecule has 0 spiro atoms. The van der Waals surface area contributed by atoms with Gasteiger partial charge < -0.3 is 0 Å². The molecule has 0 saturated heterocycles. The molecule has 18 heavy (non-hydrogen) atoms. The number of halogens is 1. The van der Waals surface area contributed by atoms with Gasteiger partial charge in [-0.1, -0.05) is 11.8 Å². The number of hydrogen-bond acceptors (Lipinski definition) is 4. The van der Waals surface area contributed by atoms with Gasteiger partial charge in [-0.25, -0.2) is 9.89 Å². The summed E-state index contributed by atoms with van der Waals surface area (Å²) in [6.45, 7) is 0. The van der Waals surface area contributed by atoms with E-state index in [1.807, 2.05) is 12.1 Å². The van der Waals surface area contributed by atoms with Crippen LogP contribution in [-0.2, 0) is 5.75 Å². The van der Waals surface area contributed by atoms with E-state index >= 15 is 0 Å². The Kier molecular flexibility index (Phi) is 3.25. The molecule has 3 rings (SSSR count). The maximum absolute atomic E-state index is 11.6. The lowest BCUT2D eigenvalue weighted by molar-refractivity contribution is 0.642. The van der Waals surface area contributed by atoms with Gasteiger partial charge in [0.2, 0.25) is 0 Å². The predicted molar refractivity (Wildman–Crippen MR) is 72.6 cm³/mol. The summed E-state index contributed by atoms with van der Waals surface area (Å²) in [5.41, 5.74) is 0.866. The zero-order valence-electron chi connectivity index (χ0n) is 9.47. The second kappa shape index (κ2) is 4.89. The molecule has 0 unspecified atom stereocenters. The minimum absolute atomic E-state index is 0.108. The summed E-state index contributed by atoms with van der Waals surface area (Å²) in [6.07, 6.45) is 3.92. The lowest BCUT2D eigenvalue weighted by Gasteiger charge is -2.03. The molecule has 1 aliphatic rings. The minimum atomic E-state index is -0.108. The molecule has 0 amide bonds. The Morgan fingerprint density at radius 2 is 2.33 bits per heavy atom. The molecule has 1 N–H and O–H groups in total. The van der Waals surface area contributed by atoms with Crippen molar-refractivity contribution < 1.29 is 0 Å². The lowest BCUT2D eigenvalue weighted by atomic mass is 10.4. The quantitative estimate of drug-likeness (QED) is 0.876. The van der Waals surface area contributed by atoms with Crippen LogP contribution >= 0.6 is 27.7 Å². The molecule has 0 bridgehead atoms. The highest BCUT2D eigenvalue weighted by atomic mass is 79.9. The van der Waals surface area contributed by atoms with E-state index in [-0.39, 0.29) is 5.69 Å². The van der Waals surface area contributed by atoms with E-state index in [2.05, 4.69) is 31.1 Å². The summed E-state index contributed by atoms with van der Waals surface area (Å²) in [5, 5.41) is 7.33. The second-order valence-corrected chi connectivity index (χ2v) is 6.03. The maximum Gasteiger partial charge on any atom is 0.344 e. The Bertz CT molecular complexity index is 602. The SMILES string of the molecule is O=c1[nH]nc(SCc2ccc(Br)cn2)n1C1CC1. The maximum atomic E-state index is 11.6. The van der Waals surface area contributed by atoms with E-state index < -0.39 is 0 Å². The first kappa shape index (κ1) is 12.0. The monoisotopic (exact) mass is 326 g/mol. The highest BCUT2D eigenvalue weighted by molar-refractivity contribution is 9.10. The number of hydrogen-bond donors (Lipinski definition) is 1. The van der Waals surface area contributed by atoms with Crippen molar-refractivity contribution in [1.82, 2.24) is 19.7 Å². The number of nitrogens with one attached hydrogen (secondary N) is 1. The summed E-state index contributed by atoms with van der Waals surface area (Å²) in [5.74, 6) is 0.713. The molecule has 1 aliphatic carbocycles. The molecule has 0 atom stereocenters. The third-order valence-corrected chi connectivity index (χ3v) is 4.18. The van der Waals surface area contributed by atoms with Crippen molar-refractivity contribution in [2.75, 3.05) is 0 Å². The fourth-order valence-corrected chi connectivity index (χ4v) is 2.84. The molecule has 0 aromatic carbocycles. The molecular weight excluding hydrogens is 316 g/mol. The Balaban J connectivity index is 1.73. The number of pyridine rings is 1. The molecule has 1 saturated carbocycles. The predicted octanol–water partition coefficient (Wildman–Crippen LogP) is 2.36. The van der Waals surface area contributed by atoms with Crippen LogP contribution < -0.4 is 5.69 Å². The van der Waals surface area contributed by atoms with Crippen molar-refractivity contribution in [3.63, 3.8) is 0 Å². The van der Waals surface area contributed by atoms with Gasteiger partial charge in [0.25, 0.3) is 0 Å². The Morgan fingerprint density at radius 3 is 3.00 bits per heavy atom. The van der Waals surface area contributed by atoms with Crippen molar-refractivity contribution in [2.45, 2.75) is 29.8 Å². The molecule has 1 fully saturated rings. The molecule has 7 heteroatoms. The van der Waals surface area contributed by atoms with Crippen LogP contribution in [0.4, 0.5) is 0 Å². The van der Waals surface area contributed by atoms with Crippen LogP contribution in [0.15, 0.2) is 32.8 Å². The van der Waals surface area contributed by atoms with Gasteiger partial charge in [0.1, 0.15) is 0 Å². The number of nitrogens with zero attached hydrogens (tertiary/aromatic N) is 3. The molecule has 94 valence electrons. The van der Waals surface area contributed by atoms with E-state index in [9.17, 15) is 4.79 Å². The van der Waals surface area contributed by atoms with E-state index in [0.717, 1.165) is 28.2 Å². The van der Waals surface area contributed by atoms with E-state index in [1.165, 1.54) is 11.8 Å². The van der Waals surface area contributed by atoms with Gasteiger partial charge in [0.15, 0.2) is 5.16 Å². The fraction of sp³-hybridized carbons (Fsp3) is 0.364. The molecule has 5 nitrogen and oxygen atoms in total. The van der Waals surface area contributed by atoms with Gasteiger partial charge in [0, 0.05) is 22.5 Å². The smallest absolute Gasteiger partial charge is 0.267 e.